The highest BCUT2D eigenvalue weighted by atomic mass is 79.9. The highest BCUT2D eigenvalue weighted by Gasteiger charge is 1.97. The van der Waals surface area contributed by atoms with Crippen molar-refractivity contribution in [3.8, 4) is 4.98 Å². The van der Waals surface area contributed by atoms with Crippen molar-refractivity contribution in [2.24, 2.45) is 0 Å². The Hall–Kier alpha value is -1.54. The van der Waals surface area contributed by atoms with Crippen LogP contribution in [0.25, 0.3) is 11.1 Å². The Kier molecular flexibility index (Phi) is 3.29. The van der Waals surface area contributed by atoms with Gasteiger partial charge in [0, 0.05) is 15.9 Å². The summed E-state index contributed by atoms with van der Waals surface area (Å²) in [5, 5.41) is 7.24. The Morgan fingerprint density at radius 3 is 2.69 bits per heavy atom. The predicted octanol–water partition coefficient (Wildman–Crippen LogP) is 2.27. The number of aromatic nitrogens is 1. The first-order chi connectivity index (χ1) is 6.27. The predicted molar refractivity (Wildman–Crippen MR) is 53.0 cm³/mol. The Morgan fingerprint density at radius 2 is 2.08 bits per heavy atom. The zero-order valence-electron chi connectivity index (χ0n) is 6.57. The first kappa shape index (κ1) is 9.55. The molecule has 5 heteroatoms. The van der Waals surface area contributed by atoms with E-state index in [1.54, 1.807) is 4.98 Å². The van der Waals surface area contributed by atoms with Crippen molar-refractivity contribution >= 4 is 33.0 Å². The van der Waals surface area contributed by atoms with Gasteiger partial charge in [0.25, 0.3) is 6.01 Å². The second-order valence-corrected chi connectivity index (χ2v) is 2.46. The largest absolute Gasteiger partial charge is 0.424 e. The number of nitrogen functional groups attached to an aromatic ring is 1. The smallest absolute Gasteiger partial charge is 0.292 e. The van der Waals surface area contributed by atoms with Crippen molar-refractivity contribution in [2.75, 3.05) is 5.73 Å². The molecule has 4 nitrogen and oxygen atoms in total. The molecule has 0 saturated heterocycles. The van der Waals surface area contributed by atoms with Crippen molar-refractivity contribution in [1.82, 2.24) is 4.98 Å². The highest BCUT2D eigenvalue weighted by Crippen LogP contribution is 2.14. The topological polar surface area (TPSA) is 75.8 Å². The third-order valence-corrected chi connectivity index (χ3v) is 1.31. The van der Waals surface area contributed by atoms with Gasteiger partial charge in [-0.1, -0.05) is 12.1 Å². The van der Waals surface area contributed by atoms with Gasteiger partial charge in [-0.2, -0.15) is 10.2 Å². The Bertz CT molecular complexity index is 399. The number of nitriles is 1. The average molecular weight is 240 g/mol. The van der Waals surface area contributed by atoms with Crippen LogP contribution in [0.5, 0.6) is 0 Å². The van der Waals surface area contributed by atoms with Crippen LogP contribution in [0.15, 0.2) is 28.7 Å². The van der Waals surface area contributed by atoms with Crippen molar-refractivity contribution in [1.29, 1.82) is 5.26 Å². The monoisotopic (exact) mass is 239 g/mol. The van der Waals surface area contributed by atoms with Gasteiger partial charge in [0.05, 0.1) is 0 Å². The maximum Gasteiger partial charge on any atom is 0.292 e. The number of rotatable bonds is 0. The fourth-order valence-electron chi connectivity index (χ4n) is 0.890. The zero-order chi connectivity index (χ0) is 9.68. The number of nitrogens with zero attached hydrogens (tertiary/aromatic N) is 2. The van der Waals surface area contributed by atoms with E-state index in [9.17, 15) is 0 Å². The van der Waals surface area contributed by atoms with Crippen LogP contribution in [0.2, 0.25) is 0 Å². The van der Waals surface area contributed by atoms with Gasteiger partial charge in [-0.05, 0) is 12.1 Å². The maximum absolute atomic E-state index is 7.24. The molecule has 0 aliphatic carbocycles. The van der Waals surface area contributed by atoms with E-state index < -0.39 is 0 Å². The van der Waals surface area contributed by atoms with E-state index in [4.69, 9.17) is 15.4 Å². The molecule has 2 N–H and O–H groups in total. The number of benzene rings is 1. The van der Waals surface area contributed by atoms with E-state index in [1.165, 1.54) is 0 Å². The van der Waals surface area contributed by atoms with Crippen LogP contribution in [-0.2, 0) is 0 Å². The maximum atomic E-state index is 7.24. The van der Waals surface area contributed by atoms with Crippen LogP contribution < -0.4 is 5.73 Å². The Balaban J connectivity index is 0.000000251. The zero-order valence-corrected chi connectivity index (χ0v) is 8.15. The van der Waals surface area contributed by atoms with Crippen molar-refractivity contribution in [3.63, 3.8) is 0 Å². The van der Waals surface area contributed by atoms with Gasteiger partial charge in [0.15, 0.2) is 5.58 Å². The van der Waals surface area contributed by atoms with Gasteiger partial charge in [-0.3, -0.25) is 0 Å². The molecule has 0 spiro atoms. The van der Waals surface area contributed by atoms with E-state index in [0.717, 1.165) is 11.1 Å². The molecule has 1 aromatic heterocycles. The van der Waals surface area contributed by atoms with E-state index >= 15 is 0 Å². The molecular weight excluding hydrogens is 234 g/mol. The molecule has 0 amide bonds. The number of halogens is 1. The Morgan fingerprint density at radius 1 is 1.46 bits per heavy atom. The van der Waals surface area contributed by atoms with Crippen LogP contribution in [0.3, 0.4) is 0 Å². The van der Waals surface area contributed by atoms with E-state index in [2.05, 4.69) is 20.9 Å². The molecule has 0 aliphatic heterocycles. The molecule has 0 atom stereocenters. The SMILES string of the molecule is N#CBr.Nc1nc2ccccc2o1. The molecule has 13 heavy (non-hydrogen) atoms. The summed E-state index contributed by atoms with van der Waals surface area (Å²) in [5.74, 6) is 0. The van der Waals surface area contributed by atoms with Gasteiger partial charge >= 0.3 is 0 Å². The van der Waals surface area contributed by atoms with Crippen LogP contribution >= 0.6 is 15.9 Å². The lowest BCUT2D eigenvalue weighted by atomic mass is 10.3. The number of fused-ring (bicyclic) bond motifs is 1. The summed E-state index contributed by atoms with van der Waals surface area (Å²) in [6, 6.07) is 7.69. The summed E-state index contributed by atoms with van der Waals surface area (Å²) in [6.07, 6.45) is 0. The summed E-state index contributed by atoms with van der Waals surface area (Å²) in [6.45, 7) is 0. The molecule has 1 aromatic carbocycles. The molecule has 0 bridgehead atoms. The summed E-state index contributed by atoms with van der Waals surface area (Å²) < 4.78 is 5.03. The van der Waals surface area contributed by atoms with Gasteiger partial charge < -0.3 is 10.2 Å². The lowest BCUT2D eigenvalue weighted by molar-refractivity contribution is 0.626. The van der Waals surface area contributed by atoms with E-state index in [-0.39, 0.29) is 6.01 Å². The fourth-order valence-corrected chi connectivity index (χ4v) is 0.890. The molecule has 0 unspecified atom stereocenters. The van der Waals surface area contributed by atoms with Gasteiger partial charge in [-0.25, -0.2) is 0 Å². The van der Waals surface area contributed by atoms with Gasteiger partial charge in [0.1, 0.15) is 10.5 Å². The van der Waals surface area contributed by atoms with Crippen molar-refractivity contribution in [2.45, 2.75) is 0 Å². The van der Waals surface area contributed by atoms with Gasteiger partial charge in [0.2, 0.25) is 0 Å². The number of oxazole rings is 1. The van der Waals surface area contributed by atoms with E-state index in [1.807, 2.05) is 24.3 Å². The molecule has 66 valence electrons. The molecule has 0 saturated carbocycles. The highest BCUT2D eigenvalue weighted by molar-refractivity contribution is 9.12. The lowest BCUT2D eigenvalue weighted by Gasteiger charge is -1.79. The lowest BCUT2D eigenvalue weighted by Crippen LogP contribution is -1.80. The van der Waals surface area contributed by atoms with Crippen LogP contribution in [0, 0.1) is 10.2 Å². The molecule has 0 fully saturated rings. The number of para-hydroxylation sites is 2. The first-order valence-electron chi connectivity index (χ1n) is 3.38. The minimum Gasteiger partial charge on any atom is -0.424 e. The summed E-state index contributed by atoms with van der Waals surface area (Å²) in [7, 11) is 0. The molecule has 0 radical (unpaired) electrons. The number of nitrogens with two attached hydrogens (primary N) is 1. The second-order valence-electron chi connectivity index (χ2n) is 2.10. The standard InChI is InChI=1S/C7H6N2O.CBrN/c8-7-9-5-3-1-2-4-6(5)10-7;2-1-3/h1-4H,(H2,8,9);. The minimum absolute atomic E-state index is 0.223. The molecule has 2 rings (SSSR count). The summed E-state index contributed by atoms with van der Waals surface area (Å²) >= 11 is 2.45. The number of hydrogen-bond donors (Lipinski definition) is 1. The summed E-state index contributed by atoms with van der Waals surface area (Å²) in [5.41, 5.74) is 6.85. The van der Waals surface area contributed by atoms with Crippen LogP contribution in [0.1, 0.15) is 0 Å². The molecule has 0 aliphatic rings. The van der Waals surface area contributed by atoms with Crippen LogP contribution in [-0.4, -0.2) is 4.98 Å². The molecule has 2 aromatic rings. The average Bonchev–Trinajstić information content (AvgIpc) is 2.45. The molecular formula is C8H6BrN3O. The van der Waals surface area contributed by atoms with Crippen LogP contribution in [0.4, 0.5) is 6.01 Å². The first-order valence-corrected chi connectivity index (χ1v) is 4.18. The second kappa shape index (κ2) is 4.48. The van der Waals surface area contributed by atoms with Crippen molar-refractivity contribution in [3.05, 3.63) is 24.3 Å². The third-order valence-electron chi connectivity index (χ3n) is 1.31. The quantitative estimate of drug-likeness (QED) is 0.766. The van der Waals surface area contributed by atoms with Gasteiger partial charge in [-0.15, -0.1) is 0 Å². The number of anilines is 1. The molecule has 1 heterocycles. The van der Waals surface area contributed by atoms with Crippen molar-refractivity contribution < 1.29 is 4.42 Å². The Labute approximate surface area is 83.1 Å². The number of hydrogen-bond acceptors (Lipinski definition) is 4. The fraction of sp³-hybridized carbons (Fsp3) is 0. The normalized spacial score (nSPS) is 8.62. The minimum atomic E-state index is 0.223. The van der Waals surface area contributed by atoms with E-state index in [0.29, 0.717) is 0 Å². The third kappa shape index (κ3) is 2.46. The summed E-state index contributed by atoms with van der Waals surface area (Å²) in [4.78, 5) is 5.49.